The van der Waals surface area contributed by atoms with Gasteiger partial charge in [0.15, 0.2) is 5.01 Å². The minimum atomic E-state index is -0.509. The van der Waals surface area contributed by atoms with Crippen LogP contribution in [-0.2, 0) is 0 Å². The Morgan fingerprint density at radius 3 is 2.80 bits per heavy atom. The topological polar surface area (TPSA) is 50.7 Å². The van der Waals surface area contributed by atoms with Crippen molar-refractivity contribution >= 4 is 27.4 Å². The van der Waals surface area contributed by atoms with Crippen molar-refractivity contribution in [2.75, 3.05) is 12.4 Å². The Morgan fingerprint density at radius 2 is 2.05 bits per heavy atom. The van der Waals surface area contributed by atoms with E-state index in [9.17, 15) is 4.39 Å². The summed E-state index contributed by atoms with van der Waals surface area (Å²) in [6.45, 7) is 0. The highest BCUT2D eigenvalue weighted by Crippen LogP contribution is 2.19. The van der Waals surface area contributed by atoms with Crippen LogP contribution in [0.5, 0.6) is 0 Å². The van der Waals surface area contributed by atoms with Crippen LogP contribution in [-0.4, -0.2) is 22.0 Å². The van der Waals surface area contributed by atoms with Gasteiger partial charge in [-0.15, -0.1) is 0 Å². The lowest BCUT2D eigenvalue weighted by atomic mass is 10.3. The van der Waals surface area contributed by atoms with E-state index in [2.05, 4.69) is 32.1 Å². The SMILES string of the molecule is CNc1ccc(C#Cc2nc3ccc(F)nc3s2)nc1. The van der Waals surface area contributed by atoms with Crippen molar-refractivity contribution in [2.45, 2.75) is 0 Å². The summed E-state index contributed by atoms with van der Waals surface area (Å²) in [7, 11) is 1.83. The van der Waals surface area contributed by atoms with E-state index in [4.69, 9.17) is 0 Å². The lowest BCUT2D eigenvalue weighted by Gasteiger charge is -1.96. The lowest BCUT2D eigenvalue weighted by Crippen LogP contribution is -1.89. The Bertz CT molecular complexity index is 815. The van der Waals surface area contributed by atoms with Crippen molar-refractivity contribution in [1.82, 2.24) is 15.0 Å². The minimum Gasteiger partial charge on any atom is -0.387 e. The number of thiazole rings is 1. The summed E-state index contributed by atoms with van der Waals surface area (Å²) in [5.41, 5.74) is 2.23. The average molecular weight is 284 g/mol. The highest BCUT2D eigenvalue weighted by Gasteiger charge is 2.03. The van der Waals surface area contributed by atoms with Gasteiger partial charge in [-0.1, -0.05) is 11.3 Å². The molecule has 4 nitrogen and oxygen atoms in total. The first kappa shape index (κ1) is 12.5. The summed E-state index contributed by atoms with van der Waals surface area (Å²) in [5.74, 6) is 5.34. The van der Waals surface area contributed by atoms with E-state index in [1.807, 2.05) is 19.2 Å². The third-order valence-corrected chi connectivity index (χ3v) is 3.45. The number of halogens is 1. The molecule has 3 rings (SSSR count). The third kappa shape index (κ3) is 2.58. The van der Waals surface area contributed by atoms with E-state index < -0.39 is 5.95 Å². The van der Waals surface area contributed by atoms with Gasteiger partial charge >= 0.3 is 0 Å². The largest absolute Gasteiger partial charge is 0.387 e. The number of rotatable bonds is 1. The molecule has 0 saturated carbocycles. The van der Waals surface area contributed by atoms with Gasteiger partial charge in [0.25, 0.3) is 0 Å². The molecule has 3 heterocycles. The van der Waals surface area contributed by atoms with Crippen molar-refractivity contribution in [2.24, 2.45) is 0 Å². The zero-order chi connectivity index (χ0) is 13.9. The molecule has 0 aliphatic heterocycles. The van der Waals surface area contributed by atoms with Gasteiger partial charge in [0, 0.05) is 7.05 Å². The average Bonchev–Trinajstić information content (AvgIpc) is 2.87. The van der Waals surface area contributed by atoms with Crippen LogP contribution in [0.1, 0.15) is 10.7 Å². The van der Waals surface area contributed by atoms with Gasteiger partial charge in [0.05, 0.1) is 11.9 Å². The molecule has 3 aromatic rings. The molecule has 0 aromatic carbocycles. The van der Waals surface area contributed by atoms with Gasteiger partial charge in [-0.05, 0) is 36.1 Å². The summed E-state index contributed by atoms with van der Waals surface area (Å²) in [4.78, 5) is 12.8. The molecule has 0 aliphatic carbocycles. The van der Waals surface area contributed by atoms with Crippen LogP contribution in [0.3, 0.4) is 0 Å². The van der Waals surface area contributed by atoms with E-state index in [1.54, 1.807) is 12.3 Å². The molecule has 0 amide bonds. The first-order valence-corrected chi connectivity index (χ1v) is 6.65. The number of anilines is 1. The Balaban J connectivity index is 1.90. The van der Waals surface area contributed by atoms with Gasteiger partial charge in [0.2, 0.25) is 5.95 Å². The molecule has 0 bridgehead atoms. The predicted molar refractivity (Wildman–Crippen MR) is 77.1 cm³/mol. The Kier molecular flexibility index (Phi) is 3.27. The molecule has 6 heteroatoms. The first-order valence-electron chi connectivity index (χ1n) is 5.83. The summed E-state index contributed by atoms with van der Waals surface area (Å²) in [5, 5.41) is 3.58. The molecular formula is C14H9FN4S. The summed E-state index contributed by atoms with van der Waals surface area (Å²) >= 11 is 1.26. The predicted octanol–water partition coefficient (Wildman–Crippen LogP) is 2.67. The van der Waals surface area contributed by atoms with E-state index in [-0.39, 0.29) is 0 Å². The molecule has 20 heavy (non-hydrogen) atoms. The molecule has 3 aromatic heterocycles. The molecule has 0 saturated heterocycles. The fourth-order valence-electron chi connectivity index (χ4n) is 1.58. The van der Waals surface area contributed by atoms with Crippen LogP contribution in [0.4, 0.5) is 10.1 Å². The normalized spacial score (nSPS) is 10.1. The fourth-order valence-corrected chi connectivity index (χ4v) is 2.36. The number of aromatic nitrogens is 3. The van der Waals surface area contributed by atoms with Crippen molar-refractivity contribution in [3.05, 3.63) is 47.1 Å². The number of hydrogen-bond acceptors (Lipinski definition) is 5. The summed E-state index contributed by atoms with van der Waals surface area (Å²) in [6, 6.07) is 6.60. The molecular weight excluding hydrogens is 275 g/mol. The molecule has 0 atom stereocenters. The number of nitrogens with zero attached hydrogens (tertiary/aromatic N) is 3. The molecule has 0 aliphatic rings. The number of hydrogen-bond donors (Lipinski definition) is 1. The van der Waals surface area contributed by atoms with E-state index in [0.29, 0.717) is 21.0 Å². The van der Waals surface area contributed by atoms with Crippen LogP contribution >= 0.6 is 11.3 Å². The zero-order valence-corrected chi connectivity index (χ0v) is 11.3. The quantitative estimate of drug-likeness (QED) is 0.551. The number of pyridine rings is 2. The second-order valence-corrected chi connectivity index (χ2v) is 4.89. The first-order chi connectivity index (χ1) is 9.74. The van der Waals surface area contributed by atoms with E-state index in [0.717, 1.165) is 5.69 Å². The van der Waals surface area contributed by atoms with Gasteiger partial charge in [0.1, 0.15) is 16.0 Å². The van der Waals surface area contributed by atoms with Crippen molar-refractivity contribution in [3.63, 3.8) is 0 Å². The highest BCUT2D eigenvalue weighted by molar-refractivity contribution is 7.18. The number of fused-ring (bicyclic) bond motifs is 1. The van der Waals surface area contributed by atoms with Crippen LogP contribution in [0.25, 0.3) is 10.3 Å². The molecule has 1 N–H and O–H groups in total. The third-order valence-electron chi connectivity index (χ3n) is 2.57. The molecule has 0 radical (unpaired) electrons. The maximum absolute atomic E-state index is 13.0. The van der Waals surface area contributed by atoms with E-state index >= 15 is 0 Å². The van der Waals surface area contributed by atoms with Gasteiger partial charge in [-0.3, -0.25) is 0 Å². The van der Waals surface area contributed by atoms with Crippen molar-refractivity contribution in [3.8, 4) is 11.8 Å². The molecule has 98 valence electrons. The Morgan fingerprint density at radius 1 is 1.15 bits per heavy atom. The maximum atomic E-state index is 13.0. The second kappa shape index (κ2) is 5.23. The monoisotopic (exact) mass is 284 g/mol. The smallest absolute Gasteiger partial charge is 0.214 e. The van der Waals surface area contributed by atoms with E-state index in [1.165, 1.54) is 17.4 Å². The van der Waals surface area contributed by atoms with Crippen LogP contribution < -0.4 is 5.32 Å². The fraction of sp³-hybridized carbons (Fsp3) is 0.0714. The number of nitrogens with one attached hydrogen (secondary N) is 1. The standard InChI is InChI=1S/C14H9FN4S/c1-16-10-3-2-9(17-8-10)4-7-13-18-11-5-6-12(15)19-14(11)20-13/h2-3,5-6,8,16H,1H3. The van der Waals surface area contributed by atoms with Crippen molar-refractivity contribution in [1.29, 1.82) is 0 Å². The Labute approximate surface area is 118 Å². The van der Waals surface area contributed by atoms with Crippen LogP contribution in [0.2, 0.25) is 0 Å². The summed E-state index contributed by atoms with van der Waals surface area (Å²) < 4.78 is 13.0. The maximum Gasteiger partial charge on any atom is 0.214 e. The highest BCUT2D eigenvalue weighted by atomic mass is 32.1. The molecule has 0 unspecified atom stereocenters. The molecule has 0 fully saturated rings. The van der Waals surface area contributed by atoms with Gasteiger partial charge in [-0.2, -0.15) is 4.39 Å². The van der Waals surface area contributed by atoms with Gasteiger partial charge in [-0.25, -0.2) is 15.0 Å². The zero-order valence-electron chi connectivity index (χ0n) is 10.5. The van der Waals surface area contributed by atoms with Crippen molar-refractivity contribution < 1.29 is 4.39 Å². The second-order valence-electron chi connectivity index (χ2n) is 3.91. The molecule has 0 spiro atoms. The van der Waals surface area contributed by atoms with Crippen LogP contribution in [0, 0.1) is 17.8 Å². The minimum absolute atomic E-state index is 0.509. The lowest BCUT2D eigenvalue weighted by molar-refractivity contribution is 0.589. The van der Waals surface area contributed by atoms with Gasteiger partial charge < -0.3 is 5.32 Å². The van der Waals surface area contributed by atoms with Crippen LogP contribution in [0.15, 0.2) is 30.5 Å². The summed E-state index contributed by atoms with van der Waals surface area (Å²) in [6.07, 6.45) is 1.71. The Hall–Kier alpha value is -2.52.